The molecule has 1 heterocycles. The first-order valence-corrected chi connectivity index (χ1v) is 5.61. The lowest BCUT2D eigenvalue weighted by atomic mass is 9.99. The highest BCUT2D eigenvalue weighted by atomic mass is 16.2. The van der Waals surface area contributed by atoms with Gasteiger partial charge in [0.1, 0.15) is 0 Å². The van der Waals surface area contributed by atoms with Crippen LogP contribution in [-0.2, 0) is 4.79 Å². The Morgan fingerprint density at radius 3 is 2.60 bits per heavy atom. The van der Waals surface area contributed by atoms with E-state index in [1.54, 1.807) is 0 Å². The van der Waals surface area contributed by atoms with Crippen LogP contribution in [0.3, 0.4) is 0 Å². The fourth-order valence-electron chi connectivity index (χ4n) is 1.84. The number of piperazine rings is 1. The van der Waals surface area contributed by atoms with Gasteiger partial charge in [0.15, 0.2) is 0 Å². The summed E-state index contributed by atoms with van der Waals surface area (Å²) in [5.41, 5.74) is 0.105. The smallest absolute Gasteiger partial charge is 0.223 e. The number of nitrogens with zero attached hydrogens (tertiary/aromatic N) is 2. The molecule has 0 atom stereocenters. The molecule has 1 aliphatic heterocycles. The molecule has 0 aromatic carbocycles. The molecule has 1 aliphatic rings. The highest BCUT2D eigenvalue weighted by molar-refractivity contribution is 5.76. The van der Waals surface area contributed by atoms with Gasteiger partial charge in [-0.05, 0) is 27.9 Å². The SMILES string of the molecule is CNCCC(=O)N1CCN(C)C(C)(C)C1. The van der Waals surface area contributed by atoms with Crippen LogP contribution in [0.15, 0.2) is 0 Å². The molecule has 0 saturated carbocycles. The number of carbonyl (C=O) groups is 1. The molecule has 1 rings (SSSR count). The normalized spacial score (nSPS) is 21.7. The van der Waals surface area contributed by atoms with E-state index in [0.717, 1.165) is 26.2 Å². The van der Waals surface area contributed by atoms with Gasteiger partial charge in [0.05, 0.1) is 0 Å². The first kappa shape index (κ1) is 12.5. The van der Waals surface area contributed by atoms with Crippen molar-refractivity contribution in [2.24, 2.45) is 0 Å². The molecule has 1 saturated heterocycles. The van der Waals surface area contributed by atoms with Crippen LogP contribution in [0, 0.1) is 0 Å². The van der Waals surface area contributed by atoms with Gasteiger partial charge >= 0.3 is 0 Å². The van der Waals surface area contributed by atoms with E-state index >= 15 is 0 Å². The standard InChI is InChI=1S/C11H23N3O/c1-11(2)9-14(8-7-13(11)4)10(15)5-6-12-3/h12H,5-9H2,1-4H3. The summed E-state index contributed by atoms with van der Waals surface area (Å²) in [5, 5.41) is 3.01. The Morgan fingerprint density at radius 2 is 2.07 bits per heavy atom. The summed E-state index contributed by atoms with van der Waals surface area (Å²) in [5.74, 6) is 0.269. The van der Waals surface area contributed by atoms with Gasteiger partial charge in [0.25, 0.3) is 0 Å². The summed E-state index contributed by atoms with van der Waals surface area (Å²) in [6, 6.07) is 0. The Kier molecular flexibility index (Phi) is 4.11. The van der Waals surface area contributed by atoms with Gasteiger partial charge in [-0.15, -0.1) is 0 Å². The lowest BCUT2D eigenvalue weighted by molar-refractivity contribution is -0.135. The van der Waals surface area contributed by atoms with Crippen molar-refractivity contribution >= 4 is 5.91 Å². The Hall–Kier alpha value is -0.610. The summed E-state index contributed by atoms with van der Waals surface area (Å²) in [7, 11) is 4.00. The fraction of sp³-hybridized carbons (Fsp3) is 0.909. The number of hydrogen-bond donors (Lipinski definition) is 1. The first-order valence-electron chi connectivity index (χ1n) is 5.61. The maximum atomic E-state index is 11.8. The molecule has 0 unspecified atom stereocenters. The van der Waals surface area contributed by atoms with Crippen molar-refractivity contribution in [2.75, 3.05) is 40.3 Å². The molecular weight excluding hydrogens is 190 g/mol. The summed E-state index contributed by atoms with van der Waals surface area (Å²) >= 11 is 0. The topological polar surface area (TPSA) is 35.6 Å². The van der Waals surface area contributed by atoms with Gasteiger partial charge in [0, 0.05) is 38.1 Å². The molecule has 0 spiro atoms. The molecule has 15 heavy (non-hydrogen) atoms. The third kappa shape index (κ3) is 3.18. The van der Waals surface area contributed by atoms with Crippen LogP contribution in [0.25, 0.3) is 0 Å². The molecule has 0 bridgehead atoms. The average Bonchev–Trinajstić information content (AvgIpc) is 2.18. The zero-order valence-electron chi connectivity index (χ0n) is 10.3. The molecular formula is C11H23N3O. The molecule has 0 aliphatic carbocycles. The van der Waals surface area contributed by atoms with Gasteiger partial charge in [-0.3, -0.25) is 9.69 Å². The van der Waals surface area contributed by atoms with Gasteiger partial charge in [0.2, 0.25) is 5.91 Å². The minimum Gasteiger partial charge on any atom is -0.340 e. The summed E-state index contributed by atoms with van der Waals surface area (Å²) in [4.78, 5) is 16.1. The number of nitrogens with one attached hydrogen (secondary N) is 1. The molecule has 1 amide bonds. The predicted molar refractivity (Wildman–Crippen MR) is 61.8 cm³/mol. The molecule has 1 N–H and O–H groups in total. The Balaban J connectivity index is 2.48. The minimum absolute atomic E-state index is 0.105. The molecule has 1 fully saturated rings. The number of likely N-dealkylation sites (N-methyl/N-ethyl adjacent to an activating group) is 1. The van der Waals surface area contributed by atoms with Crippen molar-refractivity contribution in [2.45, 2.75) is 25.8 Å². The summed E-state index contributed by atoms with van der Waals surface area (Å²) < 4.78 is 0. The van der Waals surface area contributed by atoms with Gasteiger partial charge in [-0.2, -0.15) is 0 Å². The zero-order valence-corrected chi connectivity index (χ0v) is 10.3. The van der Waals surface area contributed by atoms with Gasteiger partial charge in [-0.25, -0.2) is 0 Å². The van der Waals surface area contributed by atoms with E-state index in [1.807, 2.05) is 11.9 Å². The van der Waals surface area contributed by atoms with Crippen LogP contribution < -0.4 is 5.32 Å². The summed E-state index contributed by atoms with van der Waals surface area (Å²) in [6.07, 6.45) is 0.607. The molecule has 4 nitrogen and oxygen atoms in total. The predicted octanol–water partition coefficient (Wildman–Crippen LogP) is 0.149. The van der Waals surface area contributed by atoms with Gasteiger partial charge < -0.3 is 10.2 Å². The third-order valence-electron chi connectivity index (χ3n) is 3.26. The monoisotopic (exact) mass is 213 g/mol. The number of carbonyl (C=O) groups excluding carboxylic acids is 1. The highest BCUT2D eigenvalue weighted by Gasteiger charge is 2.32. The van der Waals surface area contributed by atoms with Crippen molar-refractivity contribution in [1.29, 1.82) is 0 Å². The second-order valence-electron chi connectivity index (χ2n) is 4.90. The fourth-order valence-corrected chi connectivity index (χ4v) is 1.84. The average molecular weight is 213 g/mol. The second-order valence-corrected chi connectivity index (χ2v) is 4.90. The van der Waals surface area contributed by atoms with Crippen LogP contribution >= 0.6 is 0 Å². The van der Waals surface area contributed by atoms with Gasteiger partial charge in [-0.1, -0.05) is 0 Å². The van der Waals surface area contributed by atoms with E-state index in [9.17, 15) is 4.79 Å². The molecule has 0 aromatic rings. The Bertz CT molecular complexity index is 228. The Labute approximate surface area is 92.6 Å². The maximum absolute atomic E-state index is 11.8. The van der Waals surface area contributed by atoms with Crippen LogP contribution in [0.4, 0.5) is 0 Å². The largest absolute Gasteiger partial charge is 0.340 e. The van der Waals surface area contributed by atoms with Crippen LogP contribution in [-0.4, -0.2) is 61.5 Å². The first-order chi connectivity index (χ1) is 6.97. The molecule has 0 aromatic heterocycles. The molecule has 88 valence electrons. The third-order valence-corrected chi connectivity index (χ3v) is 3.26. The van der Waals surface area contributed by atoms with Crippen LogP contribution in [0.2, 0.25) is 0 Å². The lowest BCUT2D eigenvalue weighted by Crippen LogP contribution is -2.59. The summed E-state index contributed by atoms with van der Waals surface area (Å²) in [6.45, 7) is 7.81. The van der Waals surface area contributed by atoms with Crippen molar-refractivity contribution in [3.63, 3.8) is 0 Å². The molecule has 0 radical (unpaired) electrons. The van der Waals surface area contributed by atoms with Crippen molar-refractivity contribution in [3.8, 4) is 0 Å². The minimum atomic E-state index is 0.105. The van der Waals surface area contributed by atoms with Crippen molar-refractivity contribution < 1.29 is 4.79 Å². The molecule has 4 heteroatoms. The number of amides is 1. The maximum Gasteiger partial charge on any atom is 0.223 e. The van der Waals surface area contributed by atoms with Crippen LogP contribution in [0.1, 0.15) is 20.3 Å². The van der Waals surface area contributed by atoms with E-state index < -0.39 is 0 Å². The zero-order chi connectivity index (χ0) is 11.5. The number of hydrogen-bond acceptors (Lipinski definition) is 3. The van der Waals surface area contributed by atoms with E-state index in [4.69, 9.17) is 0 Å². The van der Waals surface area contributed by atoms with Crippen molar-refractivity contribution in [3.05, 3.63) is 0 Å². The van der Waals surface area contributed by atoms with E-state index in [2.05, 4.69) is 31.1 Å². The number of rotatable bonds is 3. The second kappa shape index (κ2) is 4.94. The van der Waals surface area contributed by atoms with E-state index in [1.165, 1.54) is 0 Å². The van der Waals surface area contributed by atoms with E-state index in [-0.39, 0.29) is 11.4 Å². The highest BCUT2D eigenvalue weighted by Crippen LogP contribution is 2.19. The van der Waals surface area contributed by atoms with E-state index in [0.29, 0.717) is 6.42 Å². The Morgan fingerprint density at radius 1 is 1.40 bits per heavy atom. The lowest BCUT2D eigenvalue weighted by Gasteiger charge is -2.45. The van der Waals surface area contributed by atoms with Crippen molar-refractivity contribution in [1.82, 2.24) is 15.1 Å². The van der Waals surface area contributed by atoms with Crippen LogP contribution in [0.5, 0.6) is 0 Å². The quantitative estimate of drug-likeness (QED) is 0.725.